The molecule has 1 aliphatic carbocycles. The summed E-state index contributed by atoms with van der Waals surface area (Å²) in [6, 6.07) is 15.8. The molecule has 0 radical (unpaired) electrons. The Balaban J connectivity index is 1.36. The van der Waals surface area contributed by atoms with Crippen molar-refractivity contribution < 1.29 is 34.8 Å². The molecular weight excluding hydrogens is 674 g/mol. The Bertz CT molecular complexity index is 1790. The van der Waals surface area contributed by atoms with Crippen LogP contribution in [-0.2, 0) is 19.1 Å². The highest BCUT2D eigenvalue weighted by molar-refractivity contribution is 5.99. The summed E-state index contributed by atoms with van der Waals surface area (Å²) in [7, 11) is 0. The molecule has 12 nitrogen and oxygen atoms in total. The molecule has 2 unspecified atom stereocenters. The predicted octanol–water partition coefficient (Wildman–Crippen LogP) is 7.72. The lowest BCUT2D eigenvalue weighted by molar-refractivity contribution is -0.152. The van der Waals surface area contributed by atoms with Crippen LogP contribution >= 0.6 is 0 Å². The number of pyridine rings is 1. The number of ether oxygens (including phenoxy) is 3. The fraction of sp³-hybridized carbons (Fsp3) is 0.439. The number of benzene rings is 2. The summed E-state index contributed by atoms with van der Waals surface area (Å²) in [5.41, 5.74) is -1.06. The first kappa shape index (κ1) is 37.4. The fourth-order valence-electron chi connectivity index (χ4n) is 7.31. The van der Waals surface area contributed by atoms with Gasteiger partial charge < -0.3 is 24.4 Å². The van der Waals surface area contributed by atoms with Gasteiger partial charge in [0.05, 0.1) is 7.98 Å². The van der Waals surface area contributed by atoms with Gasteiger partial charge in [-0.05, 0) is 86.7 Å². The number of carbonyl (C=O) groups is 4. The molecule has 2 N–H and O–H groups in total. The molecule has 282 valence electrons. The van der Waals surface area contributed by atoms with Crippen LogP contribution in [0.3, 0.4) is 0 Å². The van der Waals surface area contributed by atoms with Crippen LogP contribution in [0.1, 0.15) is 66.1 Å². The predicted molar refractivity (Wildman–Crippen MR) is 205 cm³/mol. The van der Waals surface area contributed by atoms with Crippen molar-refractivity contribution in [2.75, 3.05) is 43.5 Å². The Morgan fingerprint density at radius 1 is 0.962 bits per heavy atom. The number of nitrogens with zero attached hydrogens (tertiary/aromatic N) is 3. The molecule has 5 rings (SSSR count). The number of carbonyl (C=O) groups excluding carboxylic acids is 4. The highest BCUT2D eigenvalue weighted by Crippen LogP contribution is 2.40. The topological polar surface area (TPSA) is 139 Å². The van der Waals surface area contributed by atoms with Crippen molar-refractivity contribution in [2.45, 2.75) is 76.3 Å². The maximum absolute atomic E-state index is 15.1. The molecule has 12 heteroatoms. The molecule has 2 heterocycles. The number of aromatic nitrogens is 1. The van der Waals surface area contributed by atoms with Crippen molar-refractivity contribution in [3.8, 4) is 5.75 Å². The number of amides is 4. The highest BCUT2D eigenvalue weighted by atomic mass is 16.6. The number of likely N-dealkylation sites (tertiary alicyclic amines) is 1. The van der Waals surface area contributed by atoms with Crippen LogP contribution in [0, 0.1) is 5.92 Å². The standard InChI is InChI=1S/C41H51N5O7/c1-4-25-52-39(49)44-37-35-20-19-34(28-30(35)21-23-42-37)51-27-22-33-18-12-13-24-45(33)38(48)41(3,31-14-8-6-9-15-31)46(40(50)53-26-5-2)29-36(47)43-32-16-10-7-11-17-32/h4-5,7,10-11,16-17,19-21,23,28,31,33H,1-2,6,8-9,12-15,18,22,24-27,29H2,3H3,(H,43,47)(H,42,44,49)/t33?,41-/m1/s1/i29D/t29?,33?,41-. The van der Waals surface area contributed by atoms with Crippen molar-refractivity contribution in [2.24, 2.45) is 5.92 Å². The summed E-state index contributed by atoms with van der Waals surface area (Å²) in [6.07, 6.45) is 10.0. The molecular formula is C41H51N5O7. The maximum atomic E-state index is 15.1. The van der Waals surface area contributed by atoms with Crippen molar-refractivity contribution >= 4 is 46.3 Å². The van der Waals surface area contributed by atoms with Crippen molar-refractivity contribution in [1.82, 2.24) is 14.8 Å². The van der Waals surface area contributed by atoms with Gasteiger partial charge >= 0.3 is 12.2 Å². The number of hydrogen-bond acceptors (Lipinski definition) is 8. The minimum absolute atomic E-state index is 0.0790. The number of piperidine rings is 1. The largest absolute Gasteiger partial charge is 0.493 e. The average molecular weight is 727 g/mol. The van der Waals surface area contributed by atoms with Gasteiger partial charge in [-0.1, -0.05) is 62.8 Å². The van der Waals surface area contributed by atoms with Crippen molar-refractivity contribution in [3.63, 3.8) is 0 Å². The Kier molecular flexibility index (Phi) is 13.3. The second-order valence-corrected chi connectivity index (χ2v) is 13.5. The van der Waals surface area contributed by atoms with Crippen LogP contribution in [0.2, 0.25) is 0 Å². The Morgan fingerprint density at radius 3 is 2.45 bits per heavy atom. The van der Waals surface area contributed by atoms with Gasteiger partial charge in [0.15, 0.2) is 0 Å². The molecule has 2 fully saturated rings. The minimum Gasteiger partial charge on any atom is -0.493 e. The van der Waals surface area contributed by atoms with E-state index in [4.69, 9.17) is 14.2 Å². The molecule has 1 aromatic heterocycles. The SMILES string of the molecule is [2H]C(C(=O)Nc1ccccc1)N(C(=O)OCC=C)[C@@](C)(C(=O)N1CCCCC1CCOc1ccc2c(NC(=O)OCC=C)nccc2c1)C1CCCCC1. The van der Waals surface area contributed by atoms with Gasteiger partial charge in [0.25, 0.3) is 0 Å². The Labute approximate surface area is 312 Å². The minimum atomic E-state index is -1.76. The van der Waals surface area contributed by atoms with Gasteiger partial charge in [0.1, 0.15) is 36.8 Å². The molecule has 4 amide bonds. The summed E-state index contributed by atoms with van der Waals surface area (Å²) in [4.78, 5) is 62.0. The van der Waals surface area contributed by atoms with Crippen LogP contribution in [-0.4, -0.2) is 83.3 Å². The van der Waals surface area contributed by atoms with Crippen LogP contribution < -0.4 is 15.4 Å². The van der Waals surface area contributed by atoms with E-state index in [0.717, 1.165) is 48.8 Å². The van der Waals surface area contributed by atoms with E-state index in [2.05, 4.69) is 28.8 Å². The first-order valence-corrected chi connectivity index (χ1v) is 18.4. The number of anilines is 2. The maximum Gasteiger partial charge on any atom is 0.413 e. The second kappa shape index (κ2) is 18.9. The lowest BCUT2D eigenvalue weighted by Crippen LogP contribution is -2.66. The quantitative estimate of drug-likeness (QED) is 0.152. The first-order chi connectivity index (χ1) is 26.2. The fourth-order valence-corrected chi connectivity index (χ4v) is 7.31. The van der Waals surface area contributed by atoms with Crippen LogP contribution in [0.25, 0.3) is 10.8 Å². The number of hydrogen-bond donors (Lipinski definition) is 2. The molecule has 1 saturated heterocycles. The first-order valence-electron chi connectivity index (χ1n) is 19.0. The molecule has 53 heavy (non-hydrogen) atoms. The smallest absolute Gasteiger partial charge is 0.413 e. The lowest BCUT2D eigenvalue weighted by Gasteiger charge is -2.49. The monoisotopic (exact) mass is 726 g/mol. The third-order valence-electron chi connectivity index (χ3n) is 10.0. The van der Waals surface area contributed by atoms with Gasteiger partial charge in [-0.2, -0.15) is 0 Å². The number of rotatable bonds is 15. The molecule has 1 aliphatic heterocycles. The van der Waals surface area contributed by atoms with Gasteiger partial charge in [0.2, 0.25) is 11.8 Å². The van der Waals surface area contributed by atoms with Crippen molar-refractivity contribution in [3.05, 3.63) is 86.1 Å². The van der Waals surface area contributed by atoms with Crippen LogP contribution in [0.5, 0.6) is 5.75 Å². The van der Waals surface area contributed by atoms with E-state index in [1.54, 1.807) is 43.5 Å². The molecule has 0 bridgehead atoms. The summed E-state index contributed by atoms with van der Waals surface area (Å²) >= 11 is 0. The van der Waals surface area contributed by atoms with E-state index in [9.17, 15) is 15.8 Å². The zero-order valence-corrected chi connectivity index (χ0v) is 30.5. The Morgan fingerprint density at radius 2 is 1.70 bits per heavy atom. The molecule has 3 atom stereocenters. The van der Waals surface area contributed by atoms with Crippen LogP contribution in [0.15, 0.2) is 86.1 Å². The third kappa shape index (κ3) is 9.94. The van der Waals surface area contributed by atoms with E-state index in [0.29, 0.717) is 55.1 Å². The normalized spacial score (nSPS) is 18.0. The molecule has 3 aromatic rings. The second-order valence-electron chi connectivity index (χ2n) is 13.5. The van der Waals surface area contributed by atoms with E-state index in [1.165, 1.54) is 12.2 Å². The molecule has 1 saturated carbocycles. The van der Waals surface area contributed by atoms with Gasteiger partial charge in [-0.25, -0.2) is 14.6 Å². The summed E-state index contributed by atoms with van der Waals surface area (Å²) in [5, 5.41) is 6.92. The molecule has 2 aromatic carbocycles. The molecule has 0 spiro atoms. The summed E-state index contributed by atoms with van der Waals surface area (Å²) in [5.74, 6) is -0.338. The lowest BCUT2D eigenvalue weighted by atomic mass is 9.73. The third-order valence-corrected chi connectivity index (χ3v) is 10.0. The zero-order valence-electron chi connectivity index (χ0n) is 31.5. The molecule has 2 aliphatic rings. The van der Waals surface area contributed by atoms with Crippen molar-refractivity contribution in [1.29, 1.82) is 0 Å². The zero-order chi connectivity index (χ0) is 38.5. The number of nitrogens with one attached hydrogen (secondary N) is 2. The van der Waals surface area contributed by atoms with Gasteiger partial charge in [0, 0.05) is 36.3 Å². The highest BCUT2D eigenvalue weighted by Gasteiger charge is 2.52. The van der Waals surface area contributed by atoms with Crippen LogP contribution in [0.4, 0.5) is 21.1 Å². The van der Waals surface area contributed by atoms with E-state index >= 15 is 4.79 Å². The number of para-hydroxylation sites is 1. The van der Waals surface area contributed by atoms with E-state index in [-0.39, 0.29) is 31.1 Å². The van der Waals surface area contributed by atoms with Gasteiger partial charge in [-0.3, -0.25) is 19.8 Å². The average Bonchev–Trinajstić information content (AvgIpc) is 3.19. The summed E-state index contributed by atoms with van der Waals surface area (Å²) < 4.78 is 25.9. The number of fused-ring (bicyclic) bond motifs is 1. The summed E-state index contributed by atoms with van der Waals surface area (Å²) in [6.45, 7) is 7.89. The van der Waals surface area contributed by atoms with E-state index < -0.39 is 30.2 Å². The Hall–Kier alpha value is -5.39. The van der Waals surface area contributed by atoms with Gasteiger partial charge in [-0.15, -0.1) is 0 Å². The van der Waals surface area contributed by atoms with E-state index in [1.807, 2.05) is 29.2 Å².